The van der Waals surface area contributed by atoms with Crippen LogP contribution in [0.5, 0.6) is 0 Å². The van der Waals surface area contributed by atoms with Crippen LogP contribution in [0.4, 0.5) is 4.39 Å². The number of amides is 2. The van der Waals surface area contributed by atoms with Gasteiger partial charge in [0.15, 0.2) is 0 Å². The zero-order valence-electron chi connectivity index (χ0n) is 17.5. The molecule has 1 aliphatic rings. The third-order valence-corrected chi connectivity index (χ3v) is 6.50. The van der Waals surface area contributed by atoms with Crippen LogP contribution in [0.2, 0.25) is 10.0 Å². The molecule has 0 bridgehead atoms. The first-order valence-electron chi connectivity index (χ1n) is 10.6. The third kappa shape index (κ3) is 6.44. The first-order chi connectivity index (χ1) is 14.8. The van der Waals surface area contributed by atoms with E-state index in [0.717, 1.165) is 25.7 Å². The summed E-state index contributed by atoms with van der Waals surface area (Å²) in [5.41, 5.74) is 1.04. The average Bonchev–Trinajstić information content (AvgIpc) is 2.76. The van der Waals surface area contributed by atoms with Crippen molar-refractivity contribution in [2.24, 2.45) is 0 Å². The molecule has 1 N–H and O–H groups in total. The Labute approximate surface area is 192 Å². The normalized spacial score (nSPS) is 15.4. The number of rotatable bonds is 7. The van der Waals surface area contributed by atoms with Crippen LogP contribution in [0, 0.1) is 5.82 Å². The van der Waals surface area contributed by atoms with E-state index in [1.165, 1.54) is 17.4 Å². The van der Waals surface area contributed by atoms with Gasteiger partial charge in [0.05, 0.1) is 16.5 Å². The van der Waals surface area contributed by atoms with Gasteiger partial charge in [0, 0.05) is 18.2 Å². The smallest absolute Gasteiger partial charge is 0.242 e. The minimum Gasteiger partial charge on any atom is -0.352 e. The molecule has 0 aliphatic heterocycles. The molecular weight excluding hydrogens is 438 g/mol. The van der Waals surface area contributed by atoms with Gasteiger partial charge in [0.2, 0.25) is 11.8 Å². The third-order valence-electron chi connectivity index (χ3n) is 5.76. The molecule has 0 heterocycles. The number of hydrogen-bond acceptors (Lipinski definition) is 2. The lowest BCUT2D eigenvalue weighted by Gasteiger charge is -2.31. The van der Waals surface area contributed by atoms with Crippen molar-refractivity contribution >= 4 is 35.0 Å². The molecule has 1 fully saturated rings. The summed E-state index contributed by atoms with van der Waals surface area (Å²) in [4.78, 5) is 27.6. The Balaban J connectivity index is 1.78. The van der Waals surface area contributed by atoms with Gasteiger partial charge < -0.3 is 10.2 Å². The number of hydrogen-bond donors (Lipinski definition) is 1. The van der Waals surface area contributed by atoms with Crippen LogP contribution in [0.25, 0.3) is 0 Å². The minimum atomic E-state index is -0.739. The summed E-state index contributed by atoms with van der Waals surface area (Å²) >= 11 is 12.0. The first kappa shape index (κ1) is 23.6. The molecule has 2 aromatic carbocycles. The van der Waals surface area contributed by atoms with Gasteiger partial charge in [-0.1, -0.05) is 66.7 Å². The van der Waals surface area contributed by atoms with Gasteiger partial charge in [-0.25, -0.2) is 4.39 Å². The summed E-state index contributed by atoms with van der Waals surface area (Å²) in [7, 11) is 0. The van der Waals surface area contributed by atoms with Crippen molar-refractivity contribution in [1.82, 2.24) is 10.2 Å². The van der Waals surface area contributed by atoms with Gasteiger partial charge in [0.25, 0.3) is 0 Å². The van der Waals surface area contributed by atoms with E-state index < -0.39 is 11.9 Å². The molecule has 2 amide bonds. The van der Waals surface area contributed by atoms with Gasteiger partial charge in [0.1, 0.15) is 11.9 Å². The molecule has 1 atom stereocenters. The van der Waals surface area contributed by atoms with Gasteiger partial charge in [-0.2, -0.15) is 0 Å². The molecule has 0 spiro atoms. The van der Waals surface area contributed by atoms with E-state index >= 15 is 0 Å². The van der Waals surface area contributed by atoms with Gasteiger partial charge >= 0.3 is 0 Å². The van der Waals surface area contributed by atoms with E-state index in [0.29, 0.717) is 21.2 Å². The molecule has 3 rings (SSSR count). The topological polar surface area (TPSA) is 49.4 Å². The summed E-state index contributed by atoms with van der Waals surface area (Å²) in [6, 6.07) is 10.7. The van der Waals surface area contributed by atoms with Crippen LogP contribution in [-0.2, 0) is 22.6 Å². The van der Waals surface area contributed by atoms with Crippen LogP contribution in [0.15, 0.2) is 42.5 Å². The molecular formula is C24H27Cl2FN2O2. The van der Waals surface area contributed by atoms with Crippen molar-refractivity contribution in [3.05, 3.63) is 69.5 Å². The maximum absolute atomic E-state index is 14.3. The number of nitrogens with one attached hydrogen (secondary N) is 1. The Bertz CT molecular complexity index is 932. The largest absolute Gasteiger partial charge is 0.352 e. The number of halogens is 3. The lowest BCUT2D eigenvalue weighted by molar-refractivity contribution is -0.140. The fourth-order valence-electron chi connectivity index (χ4n) is 3.89. The molecule has 31 heavy (non-hydrogen) atoms. The average molecular weight is 465 g/mol. The fourth-order valence-corrected chi connectivity index (χ4v) is 4.21. The highest BCUT2D eigenvalue weighted by atomic mass is 35.5. The summed E-state index contributed by atoms with van der Waals surface area (Å²) in [5, 5.41) is 3.83. The zero-order chi connectivity index (χ0) is 22.4. The van der Waals surface area contributed by atoms with E-state index in [1.54, 1.807) is 43.3 Å². The monoisotopic (exact) mass is 464 g/mol. The van der Waals surface area contributed by atoms with Crippen LogP contribution in [-0.4, -0.2) is 28.8 Å². The molecule has 0 saturated heterocycles. The van der Waals surface area contributed by atoms with E-state index in [-0.39, 0.29) is 30.8 Å². The molecule has 7 heteroatoms. The lowest BCUT2D eigenvalue weighted by atomic mass is 9.95. The van der Waals surface area contributed by atoms with Crippen LogP contribution < -0.4 is 5.32 Å². The summed E-state index contributed by atoms with van der Waals surface area (Å²) < 4.78 is 14.3. The standard InChI is InChI=1S/C24H27Cl2FN2O2/c1-16(24(31)28-19-8-3-2-4-9-19)29(15-18-7-5-6-10-22(18)27)23(30)14-17-11-12-20(25)21(26)13-17/h5-7,10-13,16,19H,2-4,8-9,14-15H2,1H3,(H,28,31)/t16-/m1/s1. The van der Waals surface area contributed by atoms with Crippen LogP contribution in [0.1, 0.15) is 50.2 Å². The van der Waals surface area contributed by atoms with Crippen LogP contribution >= 0.6 is 23.2 Å². The fraction of sp³-hybridized carbons (Fsp3) is 0.417. The Hall–Kier alpha value is -2.11. The Morgan fingerprint density at radius 1 is 1.10 bits per heavy atom. The molecule has 166 valence electrons. The molecule has 0 radical (unpaired) electrons. The van der Waals surface area contributed by atoms with Crippen molar-refractivity contribution in [2.75, 3.05) is 0 Å². The van der Waals surface area contributed by atoms with E-state index in [4.69, 9.17) is 23.2 Å². The van der Waals surface area contributed by atoms with Gasteiger partial charge in [-0.15, -0.1) is 0 Å². The Morgan fingerprint density at radius 3 is 2.48 bits per heavy atom. The maximum atomic E-state index is 14.3. The second-order valence-corrected chi connectivity index (χ2v) is 8.87. The molecule has 2 aromatic rings. The second kappa shape index (κ2) is 11.0. The summed E-state index contributed by atoms with van der Waals surface area (Å²) in [6.45, 7) is 1.69. The van der Waals surface area contributed by atoms with Gasteiger partial charge in [-0.05, 0) is 43.5 Å². The Kier molecular flexibility index (Phi) is 8.33. The molecule has 0 aromatic heterocycles. The lowest BCUT2D eigenvalue weighted by Crippen LogP contribution is -2.50. The van der Waals surface area contributed by atoms with Crippen molar-refractivity contribution in [3.63, 3.8) is 0 Å². The maximum Gasteiger partial charge on any atom is 0.242 e. The first-order valence-corrected chi connectivity index (χ1v) is 11.4. The second-order valence-electron chi connectivity index (χ2n) is 8.06. The number of nitrogens with zero attached hydrogens (tertiary/aromatic N) is 1. The number of benzene rings is 2. The van der Waals surface area contributed by atoms with Crippen molar-refractivity contribution in [2.45, 2.75) is 64.1 Å². The predicted molar refractivity (Wildman–Crippen MR) is 122 cm³/mol. The molecule has 1 aliphatic carbocycles. The predicted octanol–water partition coefficient (Wildman–Crippen LogP) is 5.54. The van der Waals surface area contributed by atoms with E-state index in [2.05, 4.69) is 5.32 Å². The highest BCUT2D eigenvalue weighted by Crippen LogP contribution is 2.24. The molecule has 0 unspecified atom stereocenters. The van der Waals surface area contributed by atoms with E-state index in [9.17, 15) is 14.0 Å². The number of carbonyl (C=O) groups is 2. The van der Waals surface area contributed by atoms with Crippen molar-refractivity contribution in [1.29, 1.82) is 0 Å². The van der Waals surface area contributed by atoms with Crippen molar-refractivity contribution < 1.29 is 14.0 Å². The van der Waals surface area contributed by atoms with Crippen molar-refractivity contribution in [3.8, 4) is 0 Å². The quantitative estimate of drug-likeness (QED) is 0.584. The summed E-state index contributed by atoms with van der Waals surface area (Å²) in [5.74, 6) is -0.909. The molecule has 4 nitrogen and oxygen atoms in total. The number of carbonyl (C=O) groups excluding carboxylic acids is 2. The molecule has 1 saturated carbocycles. The van der Waals surface area contributed by atoms with Gasteiger partial charge in [-0.3, -0.25) is 9.59 Å². The SMILES string of the molecule is C[C@H](C(=O)NC1CCCCC1)N(Cc1ccccc1F)C(=O)Cc1ccc(Cl)c(Cl)c1. The van der Waals surface area contributed by atoms with E-state index in [1.807, 2.05) is 0 Å². The summed E-state index contributed by atoms with van der Waals surface area (Å²) in [6.07, 6.45) is 5.30. The highest BCUT2D eigenvalue weighted by Gasteiger charge is 2.28. The minimum absolute atomic E-state index is 0.00603. The zero-order valence-corrected chi connectivity index (χ0v) is 19.1. The van der Waals surface area contributed by atoms with Crippen LogP contribution in [0.3, 0.4) is 0 Å². The Morgan fingerprint density at radius 2 is 1.81 bits per heavy atom. The highest BCUT2D eigenvalue weighted by molar-refractivity contribution is 6.42.